The van der Waals surface area contributed by atoms with Crippen molar-refractivity contribution in [3.63, 3.8) is 0 Å². The second-order valence-electron chi connectivity index (χ2n) is 4.97. The van der Waals surface area contributed by atoms with Gasteiger partial charge >= 0.3 is 26.2 Å². The van der Waals surface area contributed by atoms with Crippen LogP contribution in [0.5, 0.6) is 0 Å². The average Bonchev–Trinajstić information content (AvgIpc) is 2.91. The minimum Gasteiger partial charge on any atom is -1.00 e. The first-order valence-corrected chi connectivity index (χ1v) is 9.50. The van der Waals surface area contributed by atoms with Gasteiger partial charge in [0.2, 0.25) is 0 Å². The second-order valence-corrected chi connectivity index (χ2v) is 9.48. The van der Waals surface area contributed by atoms with Gasteiger partial charge in [0.25, 0.3) is 0 Å². The molecular formula is C15H22Cl2OSiZr. The van der Waals surface area contributed by atoms with Crippen molar-refractivity contribution < 1.29 is 55.4 Å². The molecule has 0 atom stereocenters. The largest absolute Gasteiger partial charge is 4.00 e. The molecular weight excluding hydrogens is 386 g/mol. The maximum Gasteiger partial charge on any atom is 4.00 e. The van der Waals surface area contributed by atoms with Gasteiger partial charge in [-0.3, -0.25) is 0 Å². The summed E-state index contributed by atoms with van der Waals surface area (Å²) in [6, 6.07) is 18.4. The van der Waals surface area contributed by atoms with E-state index in [9.17, 15) is 0 Å². The Labute approximate surface area is 155 Å². The Morgan fingerprint density at radius 2 is 1.45 bits per heavy atom. The predicted octanol–water partition coefficient (Wildman–Crippen LogP) is -1.79. The third-order valence-electron chi connectivity index (χ3n) is 2.21. The summed E-state index contributed by atoms with van der Waals surface area (Å²) < 4.78 is 5.74. The van der Waals surface area contributed by atoms with Gasteiger partial charge in [0, 0.05) is 6.61 Å². The van der Waals surface area contributed by atoms with Crippen LogP contribution in [-0.4, -0.2) is 14.9 Å². The zero-order chi connectivity index (χ0) is 12.6. The summed E-state index contributed by atoms with van der Waals surface area (Å²) in [4.78, 5) is 0. The molecule has 0 aliphatic rings. The zero-order valence-corrected chi connectivity index (χ0v) is 17.2. The summed E-state index contributed by atoms with van der Waals surface area (Å²) in [5, 5.41) is 0. The van der Waals surface area contributed by atoms with E-state index in [2.05, 4.69) is 43.9 Å². The van der Waals surface area contributed by atoms with Crippen molar-refractivity contribution >= 4 is 8.32 Å². The van der Waals surface area contributed by atoms with E-state index in [0.29, 0.717) is 0 Å². The summed E-state index contributed by atoms with van der Waals surface area (Å²) in [5.41, 5.74) is 1.38. The van der Waals surface area contributed by atoms with Gasteiger partial charge < -0.3 is 29.2 Å². The second kappa shape index (κ2) is 14.3. The van der Waals surface area contributed by atoms with Crippen molar-refractivity contribution in [1.29, 1.82) is 0 Å². The van der Waals surface area contributed by atoms with Gasteiger partial charge in [0.15, 0.2) is 8.32 Å². The Hall–Kier alpha value is 0.340. The van der Waals surface area contributed by atoms with Crippen molar-refractivity contribution in [2.45, 2.75) is 26.1 Å². The molecule has 0 bridgehead atoms. The van der Waals surface area contributed by atoms with Gasteiger partial charge in [0.1, 0.15) is 0 Å². The van der Waals surface area contributed by atoms with E-state index in [-0.39, 0.29) is 51.0 Å². The van der Waals surface area contributed by atoms with Gasteiger partial charge in [-0.25, -0.2) is 24.3 Å². The maximum atomic E-state index is 5.74. The van der Waals surface area contributed by atoms with Crippen LogP contribution in [0, 0.1) is 0 Å². The fraction of sp³-hybridized carbons (Fsp3) is 0.333. The maximum absolute atomic E-state index is 5.74. The summed E-state index contributed by atoms with van der Waals surface area (Å²) in [6.07, 6.45) is 1.05. The number of halogens is 2. The van der Waals surface area contributed by atoms with Crippen molar-refractivity contribution in [3.8, 4) is 0 Å². The Morgan fingerprint density at radius 3 is 1.80 bits per heavy atom. The minimum atomic E-state index is -1.29. The van der Waals surface area contributed by atoms with Crippen LogP contribution in [0.25, 0.3) is 0 Å². The fourth-order valence-electron chi connectivity index (χ4n) is 1.38. The van der Waals surface area contributed by atoms with Crippen molar-refractivity contribution in [1.82, 2.24) is 0 Å². The quantitative estimate of drug-likeness (QED) is 0.429. The molecule has 0 fully saturated rings. The first-order valence-electron chi connectivity index (χ1n) is 6.09. The molecule has 0 aliphatic heterocycles. The molecule has 0 saturated carbocycles. The van der Waals surface area contributed by atoms with Gasteiger partial charge in [0.05, 0.1) is 0 Å². The molecule has 110 valence electrons. The van der Waals surface area contributed by atoms with Crippen LogP contribution in [0.15, 0.2) is 54.6 Å². The van der Waals surface area contributed by atoms with E-state index in [1.54, 1.807) is 0 Å². The van der Waals surface area contributed by atoms with E-state index >= 15 is 0 Å². The topological polar surface area (TPSA) is 9.23 Å². The van der Waals surface area contributed by atoms with Crippen LogP contribution in [0.4, 0.5) is 0 Å². The van der Waals surface area contributed by atoms with E-state index in [0.717, 1.165) is 13.0 Å². The first kappa shape index (κ1) is 25.3. The molecule has 2 aromatic carbocycles. The van der Waals surface area contributed by atoms with E-state index in [1.807, 2.05) is 30.3 Å². The predicted molar refractivity (Wildman–Crippen MR) is 77.1 cm³/mol. The third kappa shape index (κ3) is 14.7. The molecule has 0 spiro atoms. The van der Waals surface area contributed by atoms with Crippen molar-refractivity contribution in [2.75, 3.05) is 6.61 Å². The SMILES string of the molecule is C[Si](C)(C)OCC[c-]1cccc1.[Cl-].[Cl-].[Zr+4].c1cc[cH-]c1. The van der Waals surface area contributed by atoms with E-state index in [1.165, 1.54) is 5.56 Å². The van der Waals surface area contributed by atoms with E-state index in [4.69, 9.17) is 4.43 Å². The van der Waals surface area contributed by atoms with Crippen LogP contribution in [0.1, 0.15) is 5.56 Å². The Bertz CT molecular complexity index is 352. The summed E-state index contributed by atoms with van der Waals surface area (Å²) in [7, 11) is -1.29. The number of hydrogen-bond donors (Lipinski definition) is 0. The molecule has 1 nitrogen and oxygen atoms in total. The van der Waals surface area contributed by atoms with Crippen molar-refractivity contribution in [3.05, 3.63) is 60.2 Å². The molecule has 0 saturated heterocycles. The molecule has 0 aromatic heterocycles. The van der Waals surface area contributed by atoms with Crippen LogP contribution < -0.4 is 24.8 Å². The molecule has 0 amide bonds. The Balaban J connectivity index is -0.000000312. The molecule has 2 aromatic rings. The standard InChI is InChI=1S/C10H17OSi.C5H5.2ClH.Zr/c1-12(2,3)11-9-8-10-6-4-5-7-10;1-2-4-5-3-1;;;/h4-7H,8-9H2,1-3H3;1-5H;2*1H;/q2*-1;;;+4/p-2. The minimum absolute atomic E-state index is 0. The summed E-state index contributed by atoms with van der Waals surface area (Å²) in [5.74, 6) is 0. The summed E-state index contributed by atoms with van der Waals surface area (Å²) >= 11 is 0. The van der Waals surface area contributed by atoms with Crippen LogP contribution >= 0.6 is 0 Å². The molecule has 5 heteroatoms. The van der Waals surface area contributed by atoms with Gasteiger partial charge in [-0.15, -0.1) is 0 Å². The summed E-state index contributed by atoms with van der Waals surface area (Å²) in [6.45, 7) is 7.54. The molecule has 2 rings (SSSR count). The molecule has 0 radical (unpaired) electrons. The normalized spacial score (nSPS) is 9.15. The number of hydrogen-bond acceptors (Lipinski definition) is 1. The third-order valence-corrected chi connectivity index (χ3v) is 3.28. The molecule has 0 heterocycles. The fourth-order valence-corrected chi connectivity index (χ4v) is 2.09. The average molecular weight is 409 g/mol. The molecule has 0 N–H and O–H groups in total. The van der Waals surface area contributed by atoms with Crippen LogP contribution in [0.2, 0.25) is 19.6 Å². The van der Waals surface area contributed by atoms with Crippen LogP contribution in [0.3, 0.4) is 0 Å². The monoisotopic (exact) mass is 406 g/mol. The Kier molecular flexibility index (Phi) is 18.1. The molecule has 0 unspecified atom stereocenters. The van der Waals surface area contributed by atoms with E-state index < -0.39 is 8.32 Å². The van der Waals surface area contributed by atoms with Gasteiger partial charge in [-0.05, 0) is 19.6 Å². The Morgan fingerprint density at radius 1 is 0.950 bits per heavy atom. The first-order chi connectivity index (χ1) is 8.08. The zero-order valence-electron chi connectivity index (χ0n) is 12.3. The van der Waals surface area contributed by atoms with Crippen molar-refractivity contribution in [2.24, 2.45) is 0 Å². The van der Waals surface area contributed by atoms with Crippen LogP contribution in [-0.2, 0) is 37.1 Å². The van der Waals surface area contributed by atoms with Gasteiger partial charge in [-0.1, -0.05) is 6.42 Å². The smallest absolute Gasteiger partial charge is 1.00 e. The molecule has 20 heavy (non-hydrogen) atoms. The molecule has 0 aliphatic carbocycles. The number of rotatable bonds is 4. The van der Waals surface area contributed by atoms with Gasteiger partial charge in [-0.2, -0.15) is 35.9 Å².